The zero-order valence-electron chi connectivity index (χ0n) is 30.8. The van der Waals surface area contributed by atoms with Crippen molar-refractivity contribution in [3.05, 3.63) is 126 Å². The van der Waals surface area contributed by atoms with Gasteiger partial charge in [-0.2, -0.15) is 0 Å². The van der Waals surface area contributed by atoms with Crippen LogP contribution in [0.4, 0.5) is 5.69 Å². The maximum absolute atomic E-state index is 12.7. The number of aliphatic carboxylic acids is 1. The second-order valence-electron chi connectivity index (χ2n) is 11.9. The largest absolute Gasteiger partial charge is 0.483 e. The van der Waals surface area contributed by atoms with Crippen LogP contribution in [-0.4, -0.2) is 47.2 Å². The lowest BCUT2D eigenvalue weighted by Crippen LogP contribution is -2.29. The highest BCUT2D eigenvalue weighted by molar-refractivity contribution is 6.01. The molecular formula is C42H50N2O8. The van der Waals surface area contributed by atoms with Crippen LogP contribution in [0.3, 0.4) is 0 Å². The SMILES string of the molecule is C/C=C\C.C=C/C(NC(=O)COc1ccc(-c2ccc(OCC(=O)Nc3ccccc3C(=O)O)c(C(C)CC)c2)cc1C(C)CC)=C(\C=C)C(=O)O. The Morgan fingerprint density at radius 2 is 1.25 bits per heavy atom. The minimum atomic E-state index is -1.24. The van der Waals surface area contributed by atoms with Crippen molar-refractivity contribution in [1.82, 2.24) is 5.32 Å². The molecule has 10 nitrogen and oxygen atoms in total. The smallest absolute Gasteiger partial charge is 0.337 e. The summed E-state index contributed by atoms with van der Waals surface area (Å²) in [5.74, 6) is -2.10. The molecule has 3 aromatic rings. The van der Waals surface area contributed by atoms with Gasteiger partial charge in [-0.3, -0.25) is 9.59 Å². The molecule has 52 heavy (non-hydrogen) atoms. The molecule has 0 aliphatic heterocycles. The van der Waals surface area contributed by atoms with Gasteiger partial charge in [0.1, 0.15) is 11.5 Å². The van der Waals surface area contributed by atoms with E-state index in [1.165, 1.54) is 18.2 Å². The van der Waals surface area contributed by atoms with Crippen LogP contribution < -0.4 is 20.1 Å². The second-order valence-corrected chi connectivity index (χ2v) is 11.9. The first-order valence-electron chi connectivity index (χ1n) is 17.1. The van der Waals surface area contributed by atoms with E-state index in [0.29, 0.717) is 11.5 Å². The van der Waals surface area contributed by atoms with Gasteiger partial charge in [0, 0.05) is 0 Å². The van der Waals surface area contributed by atoms with Gasteiger partial charge in [0.25, 0.3) is 11.8 Å². The number of amides is 2. The Morgan fingerprint density at radius 3 is 1.67 bits per heavy atom. The molecule has 0 saturated carbocycles. The van der Waals surface area contributed by atoms with Gasteiger partial charge in [-0.25, -0.2) is 9.59 Å². The number of allylic oxidation sites excluding steroid dienone is 3. The highest BCUT2D eigenvalue weighted by Gasteiger charge is 2.19. The molecule has 0 aliphatic carbocycles. The Labute approximate surface area is 306 Å². The van der Waals surface area contributed by atoms with Crippen LogP contribution in [0.5, 0.6) is 11.5 Å². The van der Waals surface area contributed by atoms with Crippen LogP contribution in [0.15, 0.2) is 109 Å². The molecule has 0 fully saturated rings. The van der Waals surface area contributed by atoms with Gasteiger partial charge in [0.15, 0.2) is 13.2 Å². The summed E-state index contributed by atoms with van der Waals surface area (Å²) >= 11 is 0. The first-order chi connectivity index (χ1) is 24.8. The maximum atomic E-state index is 12.7. The quantitative estimate of drug-likeness (QED) is 0.0616. The molecule has 3 aromatic carbocycles. The molecule has 2 unspecified atom stereocenters. The molecule has 2 atom stereocenters. The van der Waals surface area contributed by atoms with Gasteiger partial charge in [0.2, 0.25) is 0 Å². The summed E-state index contributed by atoms with van der Waals surface area (Å²) in [6.07, 6.45) is 8.02. The molecule has 2 amide bonds. The number of anilines is 1. The fourth-order valence-corrected chi connectivity index (χ4v) is 4.91. The number of ether oxygens (including phenoxy) is 2. The lowest BCUT2D eigenvalue weighted by atomic mass is 9.91. The standard InChI is InChI=1S/C38H42N2O8.C4H8/c1-7-23(5)29-19-25(15-17-33(29)47-21-35(41)39-31(10-4)27(9-3)37(43)44)26-16-18-34(30(20-26)24(6)8-2)48-22-36(42)40-32-14-12-11-13-28(32)38(45)46;1-3-4-2/h9-20,23-24H,3-4,7-8,21-22H2,1-2,5-6H3,(H,39,41)(H,40,42)(H,43,44)(H,45,46);3-4H,1-2H3/b31-27-;4-3-. The van der Waals surface area contributed by atoms with Crippen LogP contribution in [0.1, 0.15) is 87.7 Å². The fraction of sp³-hybridized carbons (Fsp3) is 0.286. The van der Waals surface area contributed by atoms with E-state index in [1.54, 1.807) is 12.1 Å². The predicted molar refractivity (Wildman–Crippen MR) is 206 cm³/mol. The van der Waals surface area contributed by atoms with Crippen molar-refractivity contribution in [2.24, 2.45) is 0 Å². The average Bonchev–Trinajstić information content (AvgIpc) is 3.15. The Balaban J connectivity index is 0.00000222. The van der Waals surface area contributed by atoms with Crippen molar-refractivity contribution in [2.75, 3.05) is 18.5 Å². The van der Waals surface area contributed by atoms with Gasteiger partial charge in [0.05, 0.1) is 22.5 Å². The number of hydrogen-bond acceptors (Lipinski definition) is 6. The summed E-state index contributed by atoms with van der Waals surface area (Å²) < 4.78 is 11.9. The number of carboxylic acids is 2. The maximum Gasteiger partial charge on any atom is 0.337 e. The molecule has 0 heterocycles. The van der Waals surface area contributed by atoms with Gasteiger partial charge in [-0.05, 0) is 103 Å². The lowest BCUT2D eigenvalue weighted by Gasteiger charge is -2.20. The number of para-hydroxylation sites is 1. The van der Waals surface area contributed by atoms with E-state index in [4.69, 9.17) is 9.47 Å². The molecule has 276 valence electrons. The minimum absolute atomic E-state index is 0.0104. The van der Waals surface area contributed by atoms with Crippen molar-refractivity contribution in [2.45, 2.75) is 66.2 Å². The van der Waals surface area contributed by atoms with Crippen LogP contribution >= 0.6 is 0 Å². The van der Waals surface area contributed by atoms with Crippen molar-refractivity contribution in [3.8, 4) is 22.6 Å². The van der Waals surface area contributed by atoms with E-state index in [2.05, 4.69) is 51.5 Å². The summed E-state index contributed by atoms with van der Waals surface area (Å²) in [6.45, 7) is 18.7. The van der Waals surface area contributed by atoms with Gasteiger partial charge in [-0.1, -0.05) is 83.3 Å². The number of hydrogen-bond donors (Lipinski definition) is 4. The van der Waals surface area contributed by atoms with E-state index >= 15 is 0 Å². The summed E-state index contributed by atoms with van der Waals surface area (Å²) in [5.41, 5.74) is 3.71. The average molecular weight is 711 g/mol. The van der Waals surface area contributed by atoms with Gasteiger partial charge < -0.3 is 30.3 Å². The summed E-state index contributed by atoms with van der Waals surface area (Å²) in [5, 5.41) is 23.9. The second kappa shape index (κ2) is 21.3. The topological polar surface area (TPSA) is 151 Å². The van der Waals surface area contributed by atoms with E-state index in [1.807, 2.05) is 62.4 Å². The van der Waals surface area contributed by atoms with E-state index in [0.717, 1.165) is 41.2 Å². The zero-order valence-corrected chi connectivity index (χ0v) is 30.8. The number of rotatable bonds is 17. The van der Waals surface area contributed by atoms with E-state index in [9.17, 15) is 29.4 Å². The molecule has 4 N–H and O–H groups in total. The molecular weight excluding hydrogens is 660 g/mol. The van der Waals surface area contributed by atoms with Crippen molar-refractivity contribution in [3.63, 3.8) is 0 Å². The van der Waals surface area contributed by atoms with E-state index in [-0.39, 0.29) is 47.6 Å². The monoisotopic (exact) mass is 710 g/mol. The molecule has 0 radical (unpaired) electrons. The highest BCUT2D eigenvalue weighted by atomic mass is 16.5. The lowest BCUT2D eigenvalue weighted by molar-refractivity contribution is -0.132. The highest BCUT2D eigenvalue weighted by Crippen LogP contribution is 2.37. The molecule has 0 spiro atoms. The molecule has 10 heteroatoms. The van der Waals surface area contributed by atoms with Crippen LogP contribution in [0, 0.1) is 0 Å². The third-order valence-electron chi connectivity index (χ3n) is 8.32. The van der Waals surface area contributed by atoms with E-state index < -0.39 is 23.8 Å². The Hall–Kier alpha value is -5.90. The van der Waals surface area contributed by atoms with Crippen molar-refractivity contribution < 1.29 is 38.9 Å². The molecule has 3 rings (SSSR count). The number of carboxylic acid groups (broad SMARTS) is 2. The van der Waals surface area contributed by atoms with Crippen molar-refractivity contribution in [1.29, 1.82) is 0 Å². The molecule has 0 aliphatic rings. The Morgan fingerprint density at radius 1 is 0.750 bits per heavy atom. The zero-order chi connectivity index (χ0) is 38.8. The van der Waals surface area contributed by atoms with Crippen molar-refractivity contribution >= 4 is 29.4 Å². The predicted octanol–water partition coefficient (Wildman–Crippen LogP) is 8.88. The van der Waals surface area contributed by atoms with Crippen LogP contribution in [0.2, 0.25) is 0 Å². The molecule has 0 saturated heterocycles. The van der Waals surface area contributed by atoms with Gasteiger partial charge in [-0.15, -0.1) is 0 Å². The first-order valence-corrected chi connectivity index (χ1v) is 17.1. The number of aromatic carboxylic acids is 1. The van der Waals surface area contributed by atoms with Crippen LogP contribution in [0.25, 0.3) is 11.1 Å². The Bertz CT molecular complexity index is 1800. The Kier molecular flexibility index (Phi) is 17.4. The summed E-state index contributed by atoms with van der Waals surface area (Å²) in [7, 11) is 0. The fourth-order valence-electron chi connectivity index (χ4n) is 4.91. The number of nitrogens with one attached hydrogen (secondary N) is 2. The normalized spacial score (nSPS) is 12.3. The first kappa shape index (κ1) is 42.3. The minimum Gasteiger partial charge on any atom is -0.483 e. The van der Waals surface area contributed by atoms with Gasteiger partial charge >= 0.3 is 11.9 Å². The number of carbonyl (C=O) groups excluding carboxylic acids is 2. The third-order valence-corrected chi connectivity index (χ3v) is 8.32. The number of benzene rings is 3. The number of carbonyl (C=O) groups is 4. The molecule has 0 aromatic heterocycles. The third kappa shape index (κ3) is 12.2. The summed E-state index contributed by atoms with van der Waals surface area (Å²) in [4.78, 5) is 48.3. The van der Waals surface area contributed by atoms with Crippen LogP contribution in [-0.2, 0) is 14.4 Å². The molecule has 0 bridgehead atoms. The summed E-state index contributed by atoms with van der Waals surface area (Å²) in [6, 6.07) is 17.7.